The van der Waals surface area contributed by atoms with Gasteiger partial charge in [0.05, 0.1) is 13.2 Å². The average Bonchev–Trinajstić information content (AvgIpc) is 3.12. The number of fused-ring (bicyclic) bond motifs is 3. The van der Waals surface area contributed by atoms with E-state index in [-0.39, 0.29) is 11.1 Å². The molecule has 0 radical (unpaired) electrons. The predicted molar refractivity (Wildman–Crippen MR) is 120 cm³/mol. The number of carboxylic acids is 1. The van der Waals surface area contributed by atoms with Gasteiger partial charge in [-0.1, -0.05) is 12.1 Å². The van der Waals surface area contributed by atoms with Gasteiger partial charge in [-0.3, -0.25) is 10.1 Å². The number of alkyl halides is 4. The Balaban J connectivity index is 1.69. The summed E-state index contributed by atoms with van der Waals surface area (Å²) in [6, 6.07) is 5.67. The van der Waals surface area contributed by atoms with Crippen LogP contribution in [-0.4, -0.2) is 55.3 Å². The number of anilines is 1. The highest BCUT2D eigenvalue weighted by Crippen LogP contribution is 2.38. The van der Waals surface area contributed by atoms with Crippen molar-refractivity contribution in [2.45, 2.75) is 44.2 Å². The number of ether oxygens (including phenoxy) is 1. The van der Waals surface area contributed by atoms with Crippen molar-refractivity contribution in [3.63, 3.8) is 0 Å². The molecule has 1 unspecified atom stereocenters. The minimum atomic E-state index is -4.81. The van der Waals surface area contributed by atoms with E-state index < -0.39 is 36.3 Å². The Labute approximate surface area is 193 Å². The summed E-state index contributed by atoms with van der Waals surface area (Å²) in [7, 11) is 0. The molecule has 0 saturated carbocycles. The van der Waals surface area contributed by atoms with Crippen molar-refractivity contribution >= 4 is 33.6 Å². The molecule has 0 amide bonds. The van der Waals surface area contributed by atoms with Crippen LogP contribution in [0, 0.1) is 0 Å². The fourth-order valence-corrected chi connectivity index (χ4v) is 4.26. The fourth-order valence-electron chi connectivity index (χ4n) is 4.26. The summed E-state index contributed by atoms with van der Waals surface area (Å²) < 4.78 is 67.0. The molecule has 6 nitrogen and oxygen atoms in total. The van der Waals surface area contributed by atoms with Gasteiger partial charge < -0.3 is 19.2 Å². The number of morpholine rings is 1. The maximum Gasteiger partial charge on any atom is 0.407 e. The van der Waals surface area contributed by atoms with Crippen molar-refractivity contribution in [2.24, 2.45) is 0 Å². The van der Waals surface area contributed by atoms with E-state index in [9.17, 15) is 27.5 Å². The molecule has 0 aliphatic carbocycles. The largest absolute Gasteiger partial charge is 0.480 e. The summed E-state index contributed by atoms with van der Waals surface area (Å²) in [5, 5.41) is 12.9. The summed E-state index contributed by atoms with van der Waals surface area (Å²) in [6.45, 7) is 4.97. The number of carbonyl (C=O) groups is 1. The van der Waals surface area contributed by atoms with Crippen LogP contribution >= 0.6 is 0 Å². The third kappa shape index (κ3) is 5.28. The molecular formula is C24H26F4N2O4. The Morgan fingerprint density at radius 3 is 2.38 bits per heavy atom. The first kappa shape index (κ1) is 24.3. The first-order valence-corrected chi connectivity index (χ1v) is 11.0. The van der Waals surface area contributed by atoms with Crippen molar-refractivity contribution < 1.29 is 36.6 Å². The van der Waals surface area contributed by atoms with Crippen molar-refractivity contribution in [1.29, 1.82) is 0 Å². The topological polar surface area (TPSA) is 74.9 Å². The lowest BCUT2D eigenvalue weighted by molar-refractivity contribution is -0.164. The van der Waals surface area contributed by atoms with Crippen LogP contribution in [0.25, 0.3) is 21.9 Å². The van der Waals surface area contributed by atoms with Gasteiger partial charge in [-0.25, -0.2) is 4.39 Å². The molecule has 0 spiro atoms. The molecule has 2 atom stereocenters. The number of rotatable bonds is 7. The molecule has 4 rings (SSSR count). The number of nitrogens with one attached hydrogen (secondary N) is 1. The number of nitrogens with zero attached hydrogens (tertiary/aromatic N) is 1. The van der Waals surface area contributed by atoms with Crippen molar-refractivity contribution in [1.82, 2.24) is 5.32 Å². The van der Waals surface area contributed by atoms with E-state index in [0.717, 1.165) is 38.0 Å². The fraction of sp³-hybridized carbons (Fsp3) is 0.458. The van der Waals surface area contributed by atoms with Gasteiger partial charge in [-0.05, 0) is 43.7 Å². The maximum absolute atomic E-state index is 14.0. The first-order chi connectivity index (χ1) is 15.9. The van der Waals surface area contributed by atoms with Crippen molar-refractivity contribution in [2.75, 3.05) is 31.2 Å². The van der Waals surface area contributed by atoms with Crippen LogP contribution in [0.3, 0.4) is 0 Å². The van der Waals surface area contributed by atoms with Gasteiger partial charge in [0.25, 0.3) is 0 Å². The molecule has 1 saturated heterocycles. The van der Waals surface area contributed by atoms with E-state index in [1.807, 2.05) is 12.1 Å². The second kappa shape index (κ2) is 9.07. The Hall–Kier alpha value is -2.85. The lowest BCUT2D eigenvalue weighted by atomic mass is 9.98. The number of hydrogen-bond donors (Lipinski definition) is 2. The van der Waals surface area contributed by atoms with Crippen LogP contribution in [-0.2, 0) is 9.53 Å². The third-order valence-electron chi connectivity index (χ3n) is 5.87. The van der Waals surface area contributed by atoms with Crippen LogP contribution < -0.4 is 10.2 Å². The van der Waals surface area contributed by atoms with Gasteiger partial charge in [0.1, 0.15) is 28.9 Å². The Morgan fingerprint density at radius 2 is 1.76 bits per heavy atom. The van der Waals surface area contributed by atoms with E-state index >= 15 is 0 Å². The van der Waals surface area contributed by atoms with Gasteiger partial charge in [-0.2, -0.15) is 13.2 Å². The van der Waals surface area contributed by atoms with Crippen molar-refractivity contribution in [3.8, 4) is 0 Å². The normalized spacial score (nSPS) is 17.3. The zero-order chi connectivity index (χ0) is 24.7. The number of hydrogen-bond acceptors (Lipinski definition) is 5. The van der Waals surface area contributed by atoms with Crippen LogP contribution in [0.2, 0.25) is 0 Å². The second-order valence-electron chi connectivity index (χ2n) is 9.09. The molecule has 1 fully saturated rings. The molecule has 3 aromatic rings. The van der Waals surface area contributed by atoms with Gasteiger partial charge in [-0.15, -0.1) is 0 Å². The molecule has 34 heavy (non-hydrogen) atoms. The monoisotopic (exact) mass is 482 g/mol. The number of furan rings is 1. The standard InChI is InChI=1S/C24H26F4N2O4/c1-23(2,25)13-18(22(31)32)29-21(24(26,27)28)14-3-5-16-17-12-15(30-7-9-33-10-8-30)4-6-19(17)34-20(16)11-14/h3-6,11-12,18,21,29H,7-10,13H2,1-2H3,(H,31,32)/t18-,21?/m0/s1. The van der Waals surface area contributed by atoms with Gasteiger partial charge in [0.2, 0.25) is 0 Å². The summed E-state index contributed by atoms with van der Waals surface area (Å²) in [6.07, 6.45) is -5.43. The molecule has 0 bridgehead atoms. The van der Waals surface area contributed by atoms with Gasteiger partial charge in [0, 0.05) is 36.0 Å². The number of halogens is 4. The second-order valence-corrected chi connectivity index (χ2v) is 9.09. The first-order valence-electron chi connectivity index (χ1n) is 11.0. The van der Waals surface area contributed by atoms with E-state index in [2.05, 4.69) is 10.2 Å². The molecule has 10 heteroatoms. The Kier molecular flexibility index (Phi) is 6.48. The van der Waals surface area contributed by atoms with E-state index in [4.69, 9.17) is 9.15 Å². The van der Waals surface area contributed by atoms with Crippen LogP contribution in [0.15, 0.2) is 40.8 Å². The highest BCUT2D eigenvalue weighted by molar-refractivity contribution is 6.06. The van der Waals surface area contributed by atoms with Gasteiger partial charge in [0.15, 0.2) is 0 Å². The molecule has 1 aromatic heterocycles. The minimum Gasteiger partial charge on any atom is -0.480 e. The Morgan fingerprint density at radius 1 is 1.06 bits per heavy atom. The summed E-state index contributed by atoms with van der Waals surface area (Å²) in [5.74, 6) is -1.56. The summed E-state index contributed by atoms with van der Waals surface area (Å²) >= 11 is 0. The lowest BCUT2D eigenvalue weighted by Gasteiger charge is -2.28. The van der Waals surface area contributed by atoms with E-state index in [1.165, 1.54) is 18.2 Å². The molecule has 2 aromatic carbocycles. The molecule has 2 heterocycles. The SMILES string of the molecule is CC(C)(F)C[C@H](NC(c1ccc2c(c1)oc1ccc(N3CCOCC3)cc12)C(F)(F)F)C(=O)O. The van der Waals surface area contributed by atoms with Crippen LogP contribution in [0.5, 0.6) is 0 Å². The van der Waals surface area contributed by atoms with Crippen LogP contribution in [0.4, 0.5) is 23.2 Å². The molecule has 184 valence electrons. The van der Waals surface area contributed by atoms with E-state index in [0.29, 0.717) is 24.2 Å². The highest BCUT2D eigenvalue weighted by Gasteiger charge is 2.44. The molecule has 2 N–H and O–H groups in total. The molecule has 1 aliphatic rings. The average molecular weight is 482 g/mol. The molecule has 1 aliphatic heterocycles. The third-order valence-corrected chi connectivity index (χ3v) is 5.87. The number of benzene rings is 2. The highest BCUT2D eigenvalue weighted by atomic mass is 19.4. The summed E-state index contributed by atoms with van der Waals surface area (Å²) in [5.41, 5.74) is -0.429. The van der Waals surface area contributed by atoms with E-state index in [1.54, 1.807) is 6.07 Å². The maximum atomic E-state index is 14.0. The number of aliphatic carboxylic acids is 1. The lowest BCUT2D eigenvalue weighted by Crippen LogP contribution is -2.47. The van der Waals surface area contributed by atoms with Gasteiger partial charge >= 0.3 is 12.1 Å². The van der Waals surface area contributed by atoms with Crippen LogP contribution in [0.1, 0.15) is 31.9 Å². The Bertz CT molecular complexity index is 1180. The number of carboxylic acid groups (broad SMARTS) is 1. The smallest absolute Gasteiger partial charge is 0.407 e. The summed E-state index contributed by atoms with van der Waals surface area (Å²) in [4.78, 5) is 13.7. The minimum absolute atomic E-state index is 0.213. The molecular weight excluding hydrogens is 456 g/mol. The zero-order valence-corrected chi connectivity index (χ0v) is 18.8. The predicted octanol–water partition coefficient (Wildman–Crippen LogP) is 5.21. The quantitative estimate of drug-likeness (QED) is 0.451. The van der Waals surface area contributed by atoms with Crippen molar-refractivity contribution in [3.05, 3.63) is 42.0 Å². The zero-order valence-electron chi connectivity index (χ0n) is 18.8.